The molecule has 2 atom stereocenters. The van der Waals surface area contributed by atoms with Gasteiger partial charge in [0.15, 0.2) is 0 Å². The standard InChI is InChI=1S/C28H37N5O4S/c1-19(23-14-20(17-38-23)26(29)30)32-27(36)22-15-28(11-5-6-12-28)18-33(22)25(35)16-31-24(34)10-7-13-37-21-8-3-2-4-9-21/h2-4,8-9,14,17,19,22H,5-7,10-13,15-16,18H2,1H3,(H3,29,30)(H,31,34)(H,32,36)/t19-,22+/m1/s1. The molecule has 1 aromatic heterocycles. The van der Waals surface area contributed by atoms with Crippen LogP contribution >= 0.6 is 11.3 Å². The fourth-order valence-electron chi connectivity index (χ4n) is 5.45. The molecule has 3 amide bonds. The smallest absolute Gasteiger partial charge is 0.243 e. The number of para-hydroxylation sites is 1. The Morgan fingerprint density at radius 3 is 2.66 bits per heavy atom. The molecule has 1 saturated heterocycles. The van der Waals surface area contributed by atoms with Crippen molar-refractivity contribution in [3.05, 3.63) is 52.2 Å². The van der Waals surface area contributed by atoms with Crippen LogP contribution in [0.3, 0.4) is 0 Å². The first-order valence-electron chi connectivity index (χ1n) is 13.2. The van der Waals surface area contributed by atoms with E-state index in [9.17, 15) is 14.4 Å². The highest BCUT2D eigenvalue weighted by Gasteiger charge is 2.49. The van der Waals surface area contributed by atoms with Gasteiger partial charge in [-0.15, -0.1) is 11.3 Å². The van der Waals surface area contributed by atoms with E-state index in [1.807, 2.05) is 43.3 Å². The molecule has 2 heterocycles. The molecule has 1 aliphatic carbocycles. The summed E-state index contributed by atoms with van der Waals surface area (Å²) >= 11 is 1.44. The Kier molecular flexibility index (Phi) is 9.04. The molecular formula is C28H37N5O4S. The van der Waals surface area contributed by atoms with Crippen LogP contribution in [-0.2, 0) is 14.4 Å². The summed E-state index contributed by atoms with van der Waals surface area (Å²) < 4.78 is 5.62. The number of hydrogen-bond acceptors (Lipinski definition) is 6. The Labute approximate surface area is 227 Å². The summed E-state index contributed by atoms with van der Waals surface area (Å²) in [6.45, 7) is 2.73. The van der Waals surface area contributed by atoms with E-state index in [0.717, 1.165) is 36.3 Å². The predicted molar refractivity (Wildman–Crippen MR) is 147 cm³/mol. The van der Waals surface area contributed by atoms with Crippen LogP contribution in [0.4, 0.5) is 0 Å². The molecule has 5 N–H and O–H groups in total. The Hall–Kier alpha value is -3.40. The summed E-state index contributed by atoms with van der Waals surface area (Å²) in [5, 5.41) is 15.2. The number of nitrogens with two attached hydrogens (primary N) is 1. The van der Waals surface area contributed by atoms with Gasteiger partial charge < -0.3 is 26.0 Å². The maximum absolute atomic E-state index is 13.4. The average molecular weight is 540 g/mol. The number of amides is 3. The van der Waals surface area contributed by atoms with E-state index in [2.05, 4.69) is 10.6 Å². The molecule has 10 heteroatoms. The third-order valence-corrected chi connectivity index (χ3v) is 8.62. The molecule has 1 aromatic carbocycles. The first-order chi connectivity index (χ1) is 18.3. The van der Waals surface area contributed by atoms with Crippen molar-refractivity contribution in [3.63, 3.8) is 0 Å². The van der Waals surface area contributed by atoms with Crippen molar-refractivity contribution in [2.75, 3.05) is 19.7 Å². The van der Waals surface area contributed by atoms with Gasteiger partial charge in [0.2, 0.25) is 17.7 Å². The van der Waals surface area contributed by atoms with Crippen molar-refractivity contribution in [1.82, 2.24) is 15.5 Å². The fraction of sp³-hybridized carbons (Fsp3) is 0.500. The highest BCUT2D eigenvalue weighted by molar-refractivity contribution is 7.10. The van der Waals surface area contributed by atoms with Crippen molar-refractivity contribution in [2.45, 2.75) is 64.0 Å². The number of nitrogen functional groups attached to an aromatic ring is 1. The minimum Gasteiger partial charge on any atom is -0.494 e. The van der Waals surface area contributed by atoms with Crippen LogP contribution in [0.15, 0.2) is 41.8 Å². The molecule has 0 radical (unpaired) electrons. The van der Waals surface area contributed by atoms with Gasteiger partial charge in [-0.3, -0.25) is 19.8 Å². The van der Waals surface area contributed by atoms with Crippen molar-refractivity contribution in [1.29, 1.82) is 5.41 Å². The van der Waals surface area contributed by atoms with Gasteiger partial charge in [0.25, 0.3) is 0 Å². The first-order valence-corrected chi connectivity index (χ1v) is 14.1. The van der Waals surface area contributed by atoms with Crippen molar-refractivity contribution in [2.24, 2.45) is 11.1 Å². The van der Waals surface area contributed by atoms with E-state index < -0.39 is 6.04 Å². The van der Waals surface area contributed by atoms with Crippen LogP contribution in [0.1, 0.15) is 68.4 Å². The van der Waals surface area contributed by atoms with E-state index >= 15 is 0 Å². The second-order valence-corrected chi connectivity index (χ2v) is 11.3. The van der Waals surface area contributed by atoms with Crippen molar-refractivity contribution >= 4 is 34.9 Å². The van der Waals surface area contributed by atoms with Crippen LogP contribution in [0.5, 0.6) is 5.75 Å². The zero-order chi connectivity index (χ0) is 27.1. The molecule has 2 fully saturated rings. The van der Waals surface area contributed by atoms with Gasteiger partial charge in [0.1, 0.15) is 17.6 Å². The Morgan fingerprint density at radius 1 is 1.24 bits per heavy atom. The summed E-state index contributed by atoms with van der Waals surface area (Å²) in [4.78, 5) is 41.5. The Morgan fingerprint density at radius 2 is 1.97 bits per heavy atom. The summed E-state index contributed by atoms with van der Waals surface area (Å²) in [7, 11) is 0. The molecule has 0 bridgehead atoms. The van der Waals surface area contributed by atoms with E-state index in [1.54, 1.807) is 10.3 Å². The summed E-state index contributed by atoms with van der Waals surface area (Å²) in [6.07, 6.45) is 5.68. The van der Waals surface area contributed by atoms with Crippen LogP contribution in [-0.4, -0.2) is 54.2 Å². The van der Waals surface area contributed by atoms with Gasteiger partial charge in [0.05, 0.1) is 19.2 Å². The number of nitrogens with one attached hydrogen (secondary N) is 3. The third-order valence-electron chi connectivity index (χ3n) is 7.51. The molecule has 9 nitrogen and oxygen atoms in total. The molecule has 1 aliphatic heterocycles. The van der Waals surface area contributed by atoms with Crippen molar-refractivity contribution in [3.8, 4) is 5.75 Å². The van der Waals surface area contributed by atoms with Gasteiger partial charge in [-0.1, -0.05) is 31.0 Å². The zero-order valence-electron chi connectivity index (χ0n) is 21.8. The van der Waals surface area contributed by atoms with E-state index in [0.29, 0.717) is 31.6 Å². The molecule has 38 heavy (non-hydrogen) atoms. The number of nitrogens with zero attached hydrogens (tertiary/aromatic N) is 1. The first kappa shape index (κ1) is 27.6. The highest BCUT2D eigenvalue weighted by atomic mass is 32.1. The molecule has 1 saturated carbocycles. The quantitative estimate of drug-likeness (QED) is 0.197. The minimum absolute atomic E-state index is 0.00691. The molecule has 4 rings (SSSR count). The Bertz CT molecular complexity index is 1150. The lowest BCUT2D eigenvalue weighted by Gasteiger charge is -2.26. The van der Waals surface area contributed by atoms with Crippen LogP contribution in [0, 0.1) is 10.8 Å². The highest BCUT2D eigenvalue weighted by Crippen LogP contribution is 2.47. The van der Waals surface area contributed by atoms with E-state index in [-0.39, 0.29) is 48.0 Å². The number of carbonyl (C=O) groups excluding carboxylic acids is 3. The summed E-state index contributed by atoms with van der Waals surface area (Å²) in [5.41, 5.74) is 6.19. The number of thiophene rings is 1. The lowest BCUT2D eigenvalue weighted by Crippen LogP contribution is -2.49. The third kappa shape index (κ3) is 6.92. The predicted octanol–water partition coefficient (Wildman–Crippen LogP) is 3.35. The lowest BCUT2D eigenvalue weighted by molar-refractivity contribution is -0.139. The minimum atomic E-state index is -0.563. The molecule has 204 valence electrons. The second kappa shape index (κ2) is 12.4. The average Bonchev–Trinajstić information content (AvgIpc) is 3.66. The normalized spacial score (nSPS) is 18.8. The summed E-state index contributed by atoms with van der Waals surface area (Å²) in [5.74, 6) is 0.128. The van der Waals surface area contributed by atoms with Gasteiger partial charge in [-0.05, 0) is 56.2 Å². The number of rotatable bonds is 11. The maximum atomic E-state index is 13.4. The van der Waals surface area contributed by atoms with Crippen LogP contribution in [0.25, 0.3) is 0 Å². The number of likely N-dealkylation sites (tertiary alicyclic amines) is 1. The van der Waals surface area contributed by atoms with E-state index in [4.69, 9.17) is 15.9 Å². The largest absolute Gasteiger partial charge is 0.494 e. The number of ether oxygens (including phenoxy) is 1. The SMILES string of the molecule is C[C@@H](NC(=O)[C@@H]1CC2(CCCC2)CN1C(=O)CNC(=O)CCCOc1ccccc1)c1cc(C(=N)N)cs1. The Balaban J connectivity index is 1.30. The monoisotopic (exact) mass is 539 g/mol. The fourth-order valence-corrected chi connectivity index (χ4v) is 6.36. The number of benzene rings is 1. The maximum Gasteiger partial charge on any atom is 0.243 e. The van der Waals surface area contributed by atoms with Gasteiger partial charge in [-0.2, -0.15) is 0 Å². The van der Waals surface area contributed by atoms with Gasteiger partial charge in [0, 0.05) is 28.8 Å². The molecule has 2 aliphatic rings. The van der Waals surface area contributed by atoms with Gasteiger partial charge in [-0.25, -0.2) is 0 Å². The number of hydrogen-bond donors (Lipinski definition) is 4. The molecule has 1 spiro atoms. The summed E-state index contributed by atoms with van der Waals surface area (Å²) in [6, 6.07) is 10.4. The van der Waals surface area contributed by atoms with E-state index in [1.165, 1.54) is 11.3 Å². The van der Waals surface area contributed by atoms with Crippen LogP contribution < -0.4 is 21.1 Å². The molecular weight excluding hydrogens is 502 g/mol. The topological polar surface area (TPSA) is 138 Å². The molecule has 0 unspecified atom stereocenters. The van der Waals surface area contributed by atoms with Gasteiger partial charge >= 0.3 is 0 Å². The number of carbonyl (C=O) groups is 3. The number of amidine groups is 1. The van der Waals surface area contributed by atoms with Crippen molar-refractivity contribution < 1.29 is 19.1 Å². The zero-order valence-corrected chi connectivity index (χ0v) is 22.6. The molecule has 2 aromatic rings. The van der Waals surface area contributed by atoms with Crippen LogP contribution in [0.2, 0.25) is 0 Å². The lowest BCUT2D eigenvalue weighted by atomic mass is 9.84. The second-order valence-electron chi connectivity index (χ2n) is 10.4.